The van der Waals surface area contributed by atoms with E-state index in [4.69, 9.17) is 17.2 Å². The van der Waals surface area contributed by atoms with Crippen LogP contribution in [-0.2, 0) is 41.6 Å². The van der Waals surface area contributed by atoms with Gasteiger partial charge in [0.2, 0.25) is 29.5 Å². The molecule has 0 fully saturated rings. The standard InChI is InChI=1S/C26H33N9O7/c27-16(8-14-11-30-12-32-14)23(38)34-19(7-13-10-31-17-4-2-1-3-15(13)17)24(39)35-20(9-22(29)37)25(40)33-18(26(41)42)5-6-21(28)36/h1-4,10-12,16,18-20,31H,5-9,27H2,(H2,28,36)(H2,29,37)(H,30,32)(H,33,40)(H,34,38)(H,35,39)(H,41,42). The summed E-state index contributed by atoms with van der Waals surface area (Å²) in [6.07, 6.45) is 3.35. The first-order valence-electron chi connectivity index (χ1n) is 12.9. The average Bonchev–Trinajstić information content (AvgIpc) is 3.59. The van der Waals surface area contributed by atoms with Gasteiger partial charge < -0.3 is 48.2 Å². The molecule has 0 saturated carbocycles. The van der Waals surface area contributed by atoms with Gasteiger partial charge in [0.1, 0.15) is 18.1 Å². The number of carboxylic acid groups (broad SMARTS) is 1. The summed E-state index contributed by atoms with van der Waals surface area (Å²) in [5.41, 5.74) is 18.5. The molecule has 2 heterocycles. The van der Waals surface area contributed by atoms with Crippen LogP contribution in [0.1, 0.15) is 30.5 Å². The highest BCUT2D eigenvalue weighted by atomic mass is 16.4. The number of nitrogens with one attached hydrogen (secondary N) is 5. The molecule has 224 valence electrons. The number of primary amides is 2. The highest BCUT2D eigenvalue weighted by Gasteiger charge is 2.32. The number of benzene rings is 1. The maximum atomic E-state index is 13.5. The molecule has 16 heteroatoms. The largest absolute Gasteiger partial charge is 0.480 e. The number of hydrogen-bond donors (Lipinski definition) is 9. The zero-order valence-electron chi connectivity index (χ0n) is 22.5. The fraction of sp³-hybridized carbons (Fsp3) is 0.346. The number of aliphatic carboxylic acids is 1. The van der Waals surface area contributed by atoms with Gasteiger partial charge in [0.15, 0.2) is 0 Å². The van der Waals surface area contributed by atoms with Crippen molar-refractivity contribution in [3.8, 4) is 0 Å². The van der Waals surface area contributed by atoms with Crippen LogP contribution in [0, 0.1) is 0 Å². The zero-order valence-corrected chi connectivity index (χ0v) is 22.5. The Bertz CT molecular complexity index is 1440. The smallest absolute Gasteiger partial charge is 0.326 e. The average molecular weight is 584 g/mol. The fourth-order valence-corrected chi connectivity index (χ4v) is 4.23. The molecule has 16 nitrogen and oxygen atoms in total. The number of carbonyl (C=O) groups is 6. The summed E-state index contributed by atoms with van der Waals surface area (Å²) < 4.78 is 0. The first-order chi connectivity index (χ1) is 19.9. The molecule has 3 aromatic rings. The van der Waals surface area contributed by atoms with Crippen molar-refractivity contribution in [2.75, 3.05) is 0 Å². The molecule has 0 aliphatic rings. The van der Waals surface area contributed by atoms with Crippen LogP contribution in [0.25, 0.3) is 10.9 Å². The molecule has 0 aliphatic heterocycles. The van der Waals surface area contributed by atoms with E-state index in [-0.39, 0.29) is 25.7 Å². The van der Waals surface area contributed by atoms with Crippen molar-refractivity contribution in [3.05, 3.63) is 54.2 Å². The minimum Gasteiger partial charge on any atom is -0.480 e. The second-order valence-electron chi connectivity index (χ2n) is 9.65. The summed E-state index contributed by atoms with van der Waals surface area (Å²) >= 11 is 0. The van der Waals surface area contributed by atoms with Gasteiger partial charge in [-0.05, 0) is 18.1 Å². The van der Waals surface area contributed by atoms with E-state index in [1.165, 1.54) is 12.5 Å². The van der Waals surface area contributed by atoms with Crippen molar-refractivity contribution < 1.29 is 33.9 Å². The van der Waals surface area contributed by atoms with Crippen LogP contribution >= 0.6 is 0 Å². The number of imidazole rings is 1. The van der Waals surface area contributed by atoms with Gasteiger partial charge in [0, 0.05) is 48.3 Å². The second-order valence-corrected chi connectivity index (χ2v) is 9.65. The Morgan fingerprint density at radius 1 is 0.857 bits per heavy atom. The number of carboxylic acids is 1. The molecule has 0 bridgehead atoms. The van der Waals surface area contributed by atoms with Gasteiger partial charge in [-0.2, -0.15) is 0 Å². The van der Waals surface area contributed by atoms with Crippen molar-refractivity contribution in [1.29, 1.82) is 0 Å². The third-order valence-electron chi connectivity index (χ3n) is 6.40. The number of aromatic nitrogens is 3. The Labute approximate surface area is 239 Å². The highest BCUT2D eigenvalue weighted by Crippen LogP contribution is 2.19. The van der Waals surface area contributed by atoms with Gasteiger partial charge in [-0.3, -0.25) is 24.0 Å². The quantitative estimate of drug-likeness (QED) is 0.0874. The van der Waals surface area contributed by atoms with Gasteiger partial charge >= 0.3 is 5.97 Å². The number of aromatic amines is 2. The first kappa shape index (κ1) is 31.3. The molecule has 0 radical (unpaired) electrons. The number of nitrogens with two attached hydrogens (primary N) is 3. The van der Waals surface area contributed by atoms with Crippen LogP contribution in [0.5, 0.6) is 0 Å². The molecule has 12 N–H and O–H groups in total. The number of carbonyl (C=O) groups excluding carboxylic acids is 5. The summed E-state index contributed by atoms with van der Waals surface area (Å²) in [7, 11) is 0. The van der Waals surface area contributed by atoms with Gasteiger partial charge in [-0.1, -0.05) is 18.2 Å². The minimum atomic E-state index is -1.59. The highest BCUT2D eigenvalue weighted by molar-refractivity contribution is 5.96. The summed E-state index contributed by atoms with van der Waals surface area (Å²) in [5, 5.41) is 17.4. The first-order valence-corrected chi connectivity index (χ1v) is 12.9. The Hall–Kier alpha value is -5.25. The van der Waals surface area contributed by atoms with Gasteiger partial charge in [-0.25, -0.2) is 9.78 Å². The maximum Gasteiger partial charge on any atom is 0.326 e. The van der Waals surface area contributed by atoms with E-state index < -0.39 is 66.1 Å². The summed E-state index contributed by atoms with van der Waals surface area (Å²) in [5.74, 6) is -5.75. The molecular weight excluding hydrogens is 550 g/mol. The molecule has 1 aromatic carbocycles. The SMILES string of the molecule is NC(=O)CCC(NC(=O)C(CC(N)=O)NC(=O)C(Cc1c[nH]c2ccccc12)NC(=O)C(N)Cc1cnc[nH]1)C(=O)O. The topological polar surface area (TPSA) is 281 Å². The predicted octanol–water partition coefficient (Wildman–Crippen LogP) is -2.32. The maximum absolute atomic E-state index is 13.5. The lowest BCUT2D eigenvalue weighted by Gasteiger charge is -2.24. The molecule has 4 unspecified atom stereocenters. The molecule has 2 aromatic heterocycles. The fourth-order valence-electron chi connectivity index (χ4n) is 4.23. The number of H-pyrrole nitrogens is 2. The van der Waals surface area contributed by atoms with Gasteiger partial charge in [0.05, 0.1) is 18.8 Å². The van der Waals surface area contributed by atoms with Gasteiger partial charge in [-0.15, -0.1) is 0 Å². The lowest BCUT2D eigenvalue weighted by Crippen LogP contribution is -2.58. The molecule has 0 saturated heterocycles. The van der Waals surface area contributed by atoms with Crippen LogP contribution in [0.3, 0.4) is 0 Å². The molecular formula is C26H33N9O7. The van der Waals surface area contributed by atoms with Crippen LogP contribution in [0.4, 0.5) is 0 Å². The van der Waals surface area contributed by atoms with Gasteiger partial charge in [0.25, 0.3) is 0 Å². The number of hydrogen-bond acceptors (Lipinski definition) is 8. The lowest BCUT2D eigenvalue weighted by molar-refractivity contribution is -0.142. The van der Waals surface area contributed by atoms with Crippen molar-refractivity contribution in [2.24, 2.45) is 17.2 Å². The van der Waals surface area contributed by atoms with Crippen molar-refractivity contribution in [2.45, 2.75) is 56.3 Å². The monoisotopic (exact) mass is 583 g/mol. The third-order valence-corrected chi connectivity index (χ3v) is 6.40. The molecule has 0 aliphatic carbocycles. The molecule has 5 amide bonds. The molecule has 3 rings (SSSR count). The number of amides is 5. The Kier molecular flexibility index (Phi) is 10.7. The third kappa shape index (κ3) is 8.88. The zero-order chi connectivity index (χ0) is 30.8. The van der Waals surface area contributed by atoms with E-state index in [1.54, 1.807) is 12.3 Å². The Morgan fingerprint density at radius 2 is 1.52 bits per heavy atom. The summed E-state index contributed by atoms with van der Waals surface area (Å²) in [6.45, 7) is 0. The van der Waals surface area contributed by atoms with E-state index in [2.05, 4.69) is 30.9 Å². The molecule has 4 atom stereocenters. The Morgan fingerprint density at radius 3 is 2.17 bits per heavy atom. The van der Waals surface area contributed by atoms with Crippen LogP contribution < -0.4 is 33.2 Å². The normalized spacial score (nSPS) is 13.8. The van der Waals surface area contributed by atoms with Crippen LogP contribution in [-0.4, -0.2) is 79.7 Å². The number of para-hydroxylation sites is 1. The van der Waals surface area contributed by atoms with Crippen LogP contribution in [0.2, 0.25) is 0 Å². The van der Waals surface area contributed by atoms with E-state index >= 15 is 0 Å². The lowest BCUT2D eigenvalue weighted by atomic mass is 10.0. The number of fused-ring (bicyclic) bond motifs is 1. The van der Waals surface area contributed by atoms with E-state index in [9.17, 15) is 33.9 Å². The Balaban J connectivity index is 1.82. The summed E-state index contributed by atoms with van der Waals surface area (Å²) in [4.78, 5) is 83.7. The van der Waals surface area contributed by atoms with Crippen molar-refractivity contribution in [3.63, 3.8) is 0 Å². The second kappa shape index (κ2) is 14.4. The van der Waals surface area contributed by atoms with E-state index in [1.807, 2.05) is 18.2 Å². The minimum absolute atomic E-state index is 0.0281. The molecule has 0 spiro atoms. The number of nitrogens with zero attached hydrogens (tertiary/aromatic N) is 1. The summed E-state index contributed by atoms with van der Waals surface area (Å²) in [6, 6.07) is 1.83. The van der Waals surface area contributed by atoms with E-state index in [0.29, 0.717) is 11.3 Å². The molecule has 42 heavy (non-hydrogen) atoms. The van der Waals surface area contributed by atoms with Crippen molar-refractivity contribution in [1.82, 2.24) is 30.9 Å². The predicted molar refractivity (Wildman–Crippen MR) is 148 cm³/mol. The number of rotatable bonds is 16. The van der Waals surface area contributed by atoms with E-state index in [0.717, 1.165) is 10.9 Å². The van der Waals surface area contributed by atoms with Crippen molar-refractivity contribution >= 4 is 46.4 Å². The van der Waals surface area contributed by atoms with Crippen LogP contribution in [0.15, 0.2) is 43.0 Å².